The summed E-state index contributed by atoms with van der Waals surface area (Å²) in [6, 6.07) is 13.5. The second kappa shape index (κ2) is 7.91. The van der Waals surface area contributed by atoms with E-state index >= 15 is 0 Å². The van der Waals surface area contributed by atoms with Crippen molar-refractivity contribution in [1.82, 2.24) is 5.43 Å². The molecular formula is C17H16N2O5. The summed E-state index contributed by atoms with van der Waals surface area (Å²) in [6.45, 7) is 1.87. The Morgan fingerprint density at radius 3 is 1.75 bits per heavy atom. The van der Waals surface area contributed by atoms with Crippen LogP contribution in [0.4, 0.5) is 0 Å². The van der Waals surface area contributed by atoms with Crippen LogP contribution in [0.15, 0.2) is 62.9 Å². The number of fused-ring (bicyclic) bond motifs is 1. The fourth-order valence-corrected chi connectivity index (χ4v) is 2.13. The summed E-state index contributed by atoms with van der Waals surface area (Å²) in [4.78, 5) is 43.9. The average Bonchev–Trinajstić information content (AvgIpc) is 2.80. The molecule has 0 aliphatic rings. The number of carbonyl (C=O) groups is 1. The van der Waals surface area contributed by atoms with Crippen LogP contribution < -0.4 is 27.6 Å². The summed E-state index contributed by atoms with van der Waals surface area (Å²) >= 11 is 0. The lowest BCUT2D eigenvalue weighted by molar-refractivity contribution is 0.0953. The van der Waals surface area contributed by atoms with E-state index in [9.17, 15) is 19.2 Å². The number of nitrogen functional groups attached to an aromatic ring is 1. The molecule has 0 spiro atoms. The third kappa shape index (κ3) is 3.60. The maximum absolute atomic E-state index is 11.0. The minimum atomic E-state index is -0.920. The van der Waals surface area contributed by atoms with Gasteiger partial charge in [0.15, 0.2) is 0 Å². The van der Waals surface area contributed by atoms with E-state index in [2.05, 4.69) is 5.43 Å². The molecule has 0 fully saturated rings. The van der Waals surface area contributed by atoms with E-state index in [-0.39, 0.29) is 22.2 Å². The SMILES string of the molecule is Cc1ccccc1C(=O)NN.O.O=c1c(=O)c2ccccc2c1=O. The quantitative estimate of drug-likeness (QED) is 0.270. The van der Waals surface area contributed by atoms with Crippen molar-refractivity contribution >= 4 is 16.7 Å². The van der Waals surface area contributed by atoms with E-state index in [1.807, 2.05) is 19.1 Å². The Kier molecular flexibility index (Phi) is 6.22. The smallest absolute Gasteiger partial charge is 0.273 e. The number of hydrogen-bond acceptors (Lipinski definition) is 5. The Balaban J connectivity index is 0.000000232. The van der Waals surface area contributed by atoms with Gasteiger partial charge in [-0.05, 0) is 18.6 Å². The van der Waals surface area contributed by atoms with Gasteiger partial charge in [0.2, 0.25) is 10.9 Å². The normalized spacial score (nSPS) is 9.58. The number of amides is 1. The number of hydrogen-bond donors (Lipinski definition) is 2. The molecule has 7 nitrogen and oxygen atoms in total. The largest absolute Gasteiger partial charge is 0.412 e. The molecule has 24 heavy (non-hydrogen) atoms. The molecule has 3 rings (SSSR count). The number of rotatable bonds is 1. The van der Waals surface area contributed by atoms with Gasteiger partial charge in [-0.1, -0.05) is 42.5 Å². The standard InChI is InChI=1S/C9H4O3.C8H10N2O.H2O/c10-7-5-3-1-2-4-6(5)8(11)9(7)12;1-6-4-2-3-5-7(6)8(11)10-9;/h1-4H;2-5H,9H2,1H3,(H,10,11);1H2. The number of nitrogens with one attached hydrogen (secondary N) is 1. The van der Waals surface area contributed by atoms with Gasteiger partial charge in [0.25, 0.3) is 11.3 Å². The van der Waals surface area contributed by atoms with Crippen LogP contribution in [0.2, 0.25) is 0 Å². The van der Waals surface area contributed by atoms with Gasteiger partial charge in [-0.3, -0.25) is 24.6 Å². The second-order valence-corrected chi connectivity index (χ2v) is 4.82. The first-order valence-electron chi connectivity index (χ1n) is 6.76. The Hall–Kier alpha value is -3.16. The highest BCUT2D eigenvalue weighted by Gasteiger charge is 2.09. The van der Waals surface area contributed by atoms with Crippen molar-refractivity contribution in [3.8, 4) is 0 Å². The van der Waals surface area contributed by atoms with Crippen molar-refractivity contribution < 1.29 is 10.3 Å². The molecule has 0 aromatic heterocycles. The van der Waals surface area contributed by atoms with Gasteiger partial charge in [0.05, 0.1) is 0 Å². The molecule has 0 atom stereocenters. The van der Waals surface area contributed by atoms with E-state index in [0.29, 0.717) is 5.56 Å². The molecule has 0 heterocycles. The lowest BCUT2D eigenvalue weighted by atomic mass is 10.1. The first-order chi connectivity index (χ1) is 11.0. The molecule has 3 aromatic carbocycles. The van der Waals surface area contributed by atoms with E-state index in [4.69, 9.17) is 5.84 Å². The summed E-state index contributed by atoms with van der Waals surface area (Å²) in [7, 11) is 0. The fraction of sp³-hybridized carbons (Fsp3) is 0.0588. The highest BCUT2D eigenvalue weighted by Crippen LogP contribution is 2.05. The molecule has 0 bridgehead atoms. The molecule has 3 aromatic rings. The van der Waals surface area contributed by atoms with Crippen LogP contribution in [0.1, 0.15) is 15.9 Å². The Labute approximate surface area is 136 Å². The molecule has 124 valence electrons. The Morgan fingerprint density at radius 2 is 1.29 bits per heavy atom. The number of hydrazine groups is 1. The molecule has 0 radical (unpaired) electrons. The Bertz CT molecular complexity index is 954. The van der Waals surface area contributed by atoms with E-state index < -0.39 is 16.3 Å². The second-order valence-electron chi connectivity index (χ2n) is 4.82. The highest BCUT2D eigenvalue weighted by atomic mass is 16.2. The molecule has 0 unspecified atom stereocenters. The van der Waals surface area contributed by atoms with Gasteiger partial charge < -0.3 is 5.48 Å². The monoisotopic (exact) mass is 328 g/mol. The first-order valence-corrected chi connectivity index (χ1v) is 6.76. The zero-order valence-corrected chi connectivity index (χ0v) is 12.8. The lowest BCUT2D eigenvalue weighted by Gasteiger charge is -2.01. The van der Waals surface area contributed by atoms with Crippen molar-refractivity contribution in [3.63, 3.8) is 0 Å². The molecular weight excluding hydrogens is 312 g/mol. The summed E-state index contributed by atoms with van der Waals surface area (Å²) in [5, 5.41) is 0.458. The van der Waals surface area contributed by atoms with Crippen LogP contribution in [-0.2, 0) is 0 Å². The van der Waals surface area contributed by atoms with Crippen LogP contribution in [-0.4, -0.2) is 11.4 Å². The summed E-state index contributed by atoms with van der Waals surface area (Å²) in [5.41, 5.74) is 1.34. The van der Waals surface area contributed by atoms with Gasteiger partial charge in [0, 0.05) is 16.3 Å². The van der Waals surface area contributed by atoms with Crippen LogP contribution >= 0.6 is 0 Å². The van der Waals surface area contributed by atoms with Gasteiger partial charge in [0.1, 0.15) is 0 Å². The minimum Gasteiger partial charge on any atom is -0.412 e. The minimum absolute atomic E-state index is 0. The van der Waals surface area contributed by atoms with Crippen LogP contribution in [0, 0.1) is 6.92 Å². The molecule has 7 heteroatoms. The topological polar surface area (TPSA) is 138 Å². The number of benzene rings is 2. The summed E-state index contributed by atoms with van der Waals surface area (Å²) in [6.07, 6.45) is 0. The van der Waals surface area contributed by atoms with Crippen molar-refractivity contribution in [3.05, 3.63) is 90.3 Å². The maximum atomic E-state index is 11.0. The highest BCUT2D eigenvalue weighted by molar-refractivity contribution is 5.95. The molecule has 0 aliphatic heterocycles. The predicted octanol–water partition coefficient (Wildman–Crippen LogP) is -0.430. The molecule has 5 N–H and O–H groups in total. The van der Waals surface area contributed by atoms with Crippen LogP contribution in [0.25, 0.3) is 10.8 Å². The van der Waals surface area contributed by atoms with Crippen LogP contribution in [0.5, 0.6) is 0 Å². The number of carbonyl (C=O) groups excluding carboxylic acids is 1. The van der Waals surface area contributed by atoms with Crippen molar-refractivity contribution in [2.45, 2.75) is 6.92 Å². The van der Waals surface area contributed by atoms with Crippen molar-refractivity contribution in [2.75, 3.05) is 0 Å². The lowest BCUT2D eigenvalue weighted by Crippen LogP contribution is -2.30. The molecule has 0 aliphatic carbocycles. The summed E-state index contributed by atoms with van der Waals surface area (Å²) < 4.78 is 0. The van der Waals surface area contributed by atoms with E-state index in [1.165, 1.54) is 12.1 Å². The van der Waals surface area contributed by atoms with E-state index in [0.717, 1.165) is 5.56 Å². The Morgan fingerprint density at radius 1 is 0.833 bits per heavy atom. The average molecular weight is 328 g/mol. The zero-order valence-electron chi connectivity index (χ0n) is 12.8. The van der Waals surface area contributed by atoms with Gasteiger partial charge in [-0.2, -0.15) is 0 Å². The van der Waals surface area contributed by atoms with Crippen molar-refractivity contribution in [1.29, 1.82) is 0 Å². The van der Waals surface area contributed by atoms with Crippen molar-refractivity contribution in [2.24, 2.45) is 5.84 Å². The number of nitrogens with two attached hydrogens (primary N) is 1. The van der Waals surface area contributed by atoms with Gasteiger partial charge in [-0.25, -0.2) is 5.84 Å². The third-order valence-corrected chi connectivity index (χ3v) is 3.35. The molecule has 0 saturated carbocycles. The fourth-order valence-electron chi connectivity index (χ4n) is 2.13. The maximum Gasteiger partial charge on any atom is 0.273 e. The summed E-state index contributed by atoms with van der Waals surface area (Å²) in [5.74, 6) is 4.73. The number of aryl methyl sites for hydroxylation is 1. The predicted molar refractivity (Wildman–Crippen MR) is 91.6 cm³/mol. The van der Waals surface area contributed by atoms with Crippen LogP contribution in [0.3, 0.4) is 0 Å². The zero-order chi connectivity index (χ0) is 17.0. The molecule has 1 amide bonds. The third-order valence-electron chi connectivity index (χ3n) is 3.35. The molecule has 0 saturated heterocycles. The first kappa shape index (κ1) is 18.9. The van der Waals surface area contributed by atoms with Gasteiger partial charge >= 0.3 is 0 Å². The van der Waals surface area contributed by atoms with E-state index in [1.54, 1.807) is 24.3 Å². The van der Waals surface area contributed by atoms with Gasteiger partial charge in [-0.15, -0.1) is 0 Å².